The molecular formula is C14H15N5O2. The minimum absolute atomic E-state index is 0.407. The minimum Gasteiger partial charge on any atom is -0.491 e. The molecule has 0 unspecified atom stereocenters. The Balaban J connectivity index is 1.89. The van der Waals surface area contributed by atoms with E-state index in [2.05, 4.69) is 20.2 Å². The summed E-state index contributed by atoms with van der Waals surface area (Å²) in [6.07, 6.45) is 1.40. The Morgan fingerprint density at radius 3 is 2.71 bits per heavy atom. The fourth-order valence-corrected chi connectivity index (χ4v) is 2.05. The second-order valence-electron chi connectivity index (χ2n) is 4.42. The van der Waals surface area contributed by atoms with E-state index in [0.717, 1.165) is 22.4 Å². The van der Waals surface area contributed by atoms with Crippen LogP contribution in [0.15, 0.2) is 30.6 Å². The number of nitrogens with one attached hydrogen (secondary N) is 1. The molecule has 0 radical (unpaired) electrons. The number of nitrogens with two attached hydrogens (primary N) is 1. The third-order valence-corrected chi connectivity index (χ3v) is 3.08. The number of hydrogen-bond acceptors (Lipinski definition) is 6. The highest BCUT2D eigenvalue weighted by atomic mass is 16.5. The molecule has 0 atom stereocenters. The highest BCUT2D eigenvalue weighted by Gasteiger charge is 2.12. The Labute approximate surface area is 121 Å². The third-order valence-electron chi connectivity index (χ3n) is 3.08. The molecule has 3 N–H and O–H groups in total. The number of nitrogen functional groups attached to an aromatic ring is 1. The second-order valence-corrected chi connectivity index (χ2v) is 4.42. The summed E-state index contributed by atoms with van der Waals surface area (Å²) in [7, 11) is 1.64. The number of hydrogen-bond donors (Lipinski definition) is 2. The van der Waals surface area contributed by atoms with Crippen molar-refractivity contribution in [1.82, 2.24) is 20.2 Å². The standard InChI is InChI=1S/C14H15N5O2/c1-20-6-7-21-10-4-2-9(3-5-10)12-11-13(15)16-8-17-14(11)19-18-12/h2-5,8H,6-7H2,1H3,(H3,15,16,17,18,19). The predicted molar refractivity (Wildman–Crippen MR) is 78.9 cm³/mol. The molecule has 7 heteroatoms. The van der Waals surface area contributed by atoms with E-state index in [4.69, 9.17) is 15.2 Å². The zero-order valence-electron chi connectivity index (χ0n) is 11.5. The van der Waals surface area contributed by atoms with Gasteiger partial charge in [0.05, 0.1) is 17.7 Å². The van der Waals surface area contributed by atoms with Crippen molar-refractivity contribution in [3.05, 3.63) is 30.6 Å². The van der Waals surface area contributed by atoms with Crippen LogP contribution in [0.5, 0.6) is 5.75 Å². The van der Waals surface area contributed by atoms with Crippen molar-refractivity contribution in [2.45, 2.75) is 0 Å². The summed E-state index contributed by atoms with van der Waals surface area (Å²) in [6.45, 7) is 1.07. The van der Waals surface area contributed by atoms with Gasteiger partial charge in [0, 0.05) is 12.7 Å². The van der Waals surface area contributed by atoms with Crippen molar-refractivity contribution < 1.29 is 9.47 Å². The summed E-state index contributed by atoms with van der Waals surface area (Å²) in [5, 5.41) is 7.81. The van der Waals surface area contributed by atoms with Gasteiger partial charge in [-0.3, -0.25) is 5.10 Å². The van der Waals surface area contributed by atoms with E-state index in [1.807, 2.05) is 24.3 Å². The number of H-pyrrole nitrogens is 1. The topological polar surface area (TPSA) is 98.9 Å². The van der Waals surface area contributed by atoms with E-state index >= 15 is 0 Å². The average Bonchev–Trinajstić information content (AvgIpc) is 2.94. The SMILES string of the molecule is COCCOc1ccc(-c2[nH]nc3ncnc(N)c23)cc1. The molecule has 2 aromatic heterocycles. The van der Waals surface area contributed by atoms with Gasteiger partial charge in [0.25, 0.3) is 0 Å². The number of ether oxygens (including phenoxy) is 2. The molecule has 0 aliphatic carbocycles. The van der Waals surface area contributed by atoms with Gasteiger partial charge in [-0.05, 0) is 24.3 Å². The van der Waals surface area contributed by atoms with E-state index in [1.165, 1.54) is 6.33 Å². The maximum atomic E-state index is 5.90. The number of methoxy groups -OCH3 is 1. The van der Waals surface area contributed by atoms with Crippen molar-refractivity contribution in [2.24, 2.45) is 0 Å². The maximum Gasteiger partial charge on any atom is 0.186 e. The maximum absolute atomic E-state index is 5.90. The van der Waals surface area contributed by atoms with Gasteiger partial charge in [0.15, 0.2) is 5.65 Å². The summed E-state index contributed by atoms with van der Waals surface area (Å²) in [4.78, 5) is 8.08. The van der Waals surface area contributed by atoms with Crippen LogP contribution in [0.2, 0.25) is 0 Å². The Hall–Kier alpha value is -2.67. The lowest BCUT2D eigenvalue weighted by atomic mass is 10.1. The first-order chi connectivity index (χ1) is 10.3. The van der Waals surface area contributed by atoms with E-state index in [0.29, 0.717) is 24.7 Å². The first-order valence-electron chi connectivity index (χ1n) is 6.46. The lowest BCUT2D eigenvalue weighted by Crippen LogP contribution is -2.03. The molecule has 0 fully saturated rings. The van der Waals surface area contributed by atoms with Crippen LogP contribution in [-0.2, 0) is 4.74 Å². The number of anilines is 1. The summed E-state index contributed by atoms with van der Waals surface area (Å²) < 4.78 is 10.5. The van der Waals surface area contributed by atoms with Gasteiger partial charge in [0.1, 0.15) is 24.5 Å². The van der Waals surface area contributed by atoms with Gasteiger partial charge in [-0.15, -0.1) is 0 Å². The van der Waals surface area contributed by atoms with Crippen LogP contribution in [-0.4, -0.2) is 40.5 Å². The lowest BCUT2D eigenvalue weighted by molar-refractivity contribution is 0.146. The average molecular weight is 285 g/mol. The normalized spacial score (nSPS) is 10.9. The number of aromatic nitrogens is 4. The predicted octanol–water partition coefficient (Wildman–Crippen LogP) is 1.63. The number of aromatic amines is 1. The van der Waals surface area contributed by atoms with Crippen LogP contribution in [0.25, 0.3) is 22.3 Å². The second kappa shape index (κ2) is 5.76. The van der Waals surface area contributed by atoms with Crippen molar-refractivity contribution in [3.63, 3.8) is 0 Å². The van der Waals surface area contributed by atoms with Gasteiger partial charge in [0.2, 0.25) is 0 Å². The van der Waals surface area contributed by atoms with Crippen LogP contribution in [0.1, 0.15) is 0 Å². The Bertz CT molecular complexity index is 739. The lowest BCUT2D eigenvalue weighted by Gasteiger charge is -2.06. The van der Waals surface area contributed by atoms with Crippen LogP contribution in [0.3, 0.4) is 0 Å². The Kier molecular flexibility index (Phi) is 3.65. The van der Waals surface area contributed by atoms with Gasteiger partial charge in [-0.25, -0.2) is 9.97 Å². The largest absolute Gasteiger partial charge is 0.491 e. The number of nitrogens with zero attached hydrogens (tertiary/aromatic N) is 3. The molecule has 0 bridgehead atoms. The highest BCUT2D eigenvalue weighted by molar-refractivity contribution is 5.97. The van der Waals surface area contributed by atoms with E-state index in [1.54, 1.807) is 7.11 Å². The molecule has 108 valence electrons. The first kappa shape index (κ1) is 13.3. The van der Waals surface area contributed by atoms with Gasteiger partial charge in [-0.2, -0.15) is 5.10 Å². The summed E-state index contributed by atoms with van der Waals surface area (Å²) in [5.74, 6) is 1.19. The Morgan fingerprint density at radius 1 is 1.14 bits per heavy atom. The van der Waals surface area contributed by atoms with Crippen LogP contribution in [0, 0.1) is 0 Å². The Morgan fingerprint density at radius 2 is 1.95 bits per heavy atom. The zero-order chi connectivity index (χ0) is 14.7. The fraction of sp³-hybridized carbons (Fsp3) is 0.214. The van der Waals surface area contributed by atoms with Crippen molar-refractivity contribution in [2.75, 3.05) is 26.1 Å². The molecule has 3 rings (SSSR count). The molecule has 3 aromatic rings. The molecule has 7 nitrogen and oxygen atoms in total. The van der Waals surface area contributed by atoms with Crippen LogP contribution in [0.4, 0.5) is 5.82 Å². The number of rotatable bonds is 5. The van der Waals surface area contributed by atoms with E-state index in [-0.39, 0.29) is 0 Å². The molecule has 2 heterocycles. The third kappa shape index (κ3) is 2.63. The van der Waals surface area contributed by atoms with Gasteiger partial charge in [-0.1, -0.05) is 0 Å². The minimum atomic E-state index is 0.407. The van der Waals surface area contributed by atoms with E-state index in [9.17, 15) is 0 Å². The molecular weight excluding hydrogens is 270 g/mol. The summed E-state index contributed by atoms with van der Waals surface area (Å²) in [6, 6.07) is 7.64. The monoisotopic (exact) mass is 285 g/mol. The van der Waals surface area contributed by atoms with Crippen LogP contribution >= 0.6 is 0 Å². The number of fused-ring (bicyclic) bond motifs is 1. The first-order valence-corrected chi connectivity index (χ1v) is 6.46. The quantitative estimate of drug-likeness (QED) is 0.691. The molecule has 1 aromatic carbocycles. The molecule has 0 spiro atoms. The van der Waals surface area contributed by atoms with Gasteiger partial charge >= 0.3 is 0 Å². The zero-order valence-corrected chi connectivity index (χ0v) is 11.5. The number of benzene rings is 1. The van der Waals surface area contributed by atoms with Crippen molar-refractivity contribution in [1.29, 1.82) is 0 Å². The van der Waals surface area contributed by atoms with Gasteiger partial charge < -0.3 is 15.2 Å². The summed E-state index contributed by atoms with van der Waals surface area (Å²) in [5.41, 5.74) is 8.19. The molecule has 0 saturated carbocycles. The van der Waals surface area contributed by atoms with Crippen molar-refractivity contribution >= 4 is 16.9 Å². The fourth-order valence-electron chi connectivity index (χ4n) is 2.05. The smallest absolute Gasteiger partial charge is 0.186 e. The summed E-state index contributed by atoms with van der Waals surface area (Å²) >= 11 is 0. The van der Waals surface area contributed by atoms with E-state index < -0.39 is 0 Å². The van der Waals surface area contributed by atoms with Crippen molar-refractivity contribution in [3.8, 4) is 17.0 Å². The van der Waals surface area contributed by atoms with Crippen LogP contribution < -0.4 is 10.5 Å². The molecule has 0 saturated heterocycles. The molecule has 21 heavy (non-hydrogen) atoms. The molecule has 0 aliphatic heterocycles. The molecule has 0 aliphatic rings. The molecule has 0 amide bonds. The highest BCUT2D eigenvalue weighted by Crippen LogP contribution is 2.29.